The number of benzene rings is 3. The lowest BCUT2D eigenvalue weighted by Crippen LogP contribution is -2.09. The van der Waals surface area contributed by atoms with Gasteiger partial charge in [0.1, 0.15) is 12.4 Å². The Hall–Kier alpha value is -3.91. The van der Waals surface area contributed by atoms with Crippen LogP contribution < -0.4 is 9.46 Å². The van der Waals surface area contributed by atoms with Crippen molar-refractivity contribution in [1.29, 1.82) is 0 Å². The molecule has 0 aliphatic carbocycles. The zero-order chi connectivity index (χ0) is 23.8. The molecule has 0 saturated carbocycles. The summed E-state index contributed by atoms with van der Waals surface area (Å²) in [5.74, 6) is 0.0895. The average molecular weight is 466 g/mol. The van der Waals surface area contributed by atoms with Gasteiger partial charge in [-0.3, -0.25) is 9.52 Å². The first-order valence-corrected chi connectivity index (χ1v) is 11.8. The number of esters is 1. The lowest BCUT2D eigenvalue weighted by molar-refractivity contribution is 0.0600. The maximum atomic E-state index is 12.3. The van der Waals surface area contributed by atoms with Gasteiger partial charge in [0.25, 0.3) is 0 Å². The highest BCUT2D eigenvalue weighted by Crippen LogP contribution is 2.17. The highest BCUT2D eigenvalue weighted by atomic mass is 32.2. The summed E-state index contributed by atoms with van der Waals surface area (Å²) in [6.45, 7) is 0.347. The Morgan fingerprint density at radius 2 is 1.48 bits per heavy atom. The van der Waals surface area contributed by atoms with E-state index in [2.05, 4.69) is 9.46 Å². The van der Waals surface area contributed by atoms with Gasteiger partial charge < -0.3 is 9.47 Å². The summed E-state index contributed by atoms with van der Waals surface area (Å²) in [7, 11) is -2.02. The van der Waals surface area contributed by atoms with Crippen LogP contribution >= 0.6 is 0 Å². The second kappa shape index (κ2) is 10.6. The minimum Gasteiger partial charge on any atom is -0.489 e. The van der Waals surface area contributed by atoms with Crippen LogP contribution in [0.15, 0.2) is 78.9 Å². The lowest BCUT2D eigenvalue weighted by atomic mass is 10.1. The number of anilines is 1. The van der Waals surface area contributed by atoms with Gasteiger partial charge in [0, 0.05) is 11.3 Å². The molecule has 33 heavy (non-hydrogen) atoms. The van der Waals surface area contributed by atoms with Crippen LogP contribution in [0.4, 0.5) is 5.69 Å². The van der Waals surface area contributed by atoms with Gasteiger partial charge >= 0.3 is 5.97 Å². The third-order valence-corrected chi connectivity index (χ3v) is 5.17. The molecule has 0 aromatic heterocycles. The van der Waals surface area contributed by atoms with E-state index >= 15 is 0 Å². The van der Waals surface area contributed by atoms with Crippen LogP contribution in [0.1, 0.15) is 31.8 Å². The normalized spacial score (nSPS) is 11.2. The van der Waals surface area contributed by atoms with Crippen molar-refractivity contribution >= 4 is 33.5 Å². The summed E-state index contributed by atoms with van der Waals surface area (Å²) < 4.78 is 35.3. The molecule has 0 spiro atoms. The second-order valence-corrected chi connectivity index (χ2v) is 8.94. The summed E-state index contributed by atoms with van der Waals surface area (Å²) in [6, 6.07) is 20.5. The predicted octanol–water partition coefficient (Wildman–Crippen LogP) is 4.32. The number of sulfonamides is 1. The van der Waals surface area contributed by atoms with E-state index in [1.165, 1.54) is 25.3 Å². The molecule has 7 nitrogen and oxygen atoms in total. The van der Waals surface area contributed by atoms with Gasteiger partial charge in [0.15, 0.2) is 5.78 Å². The fraction of sp³-hybridized carbons (Fsp3) is 0.120. The fourth-order valence-electron chi connectivity index (χ4n) is 2.88. The van der Waals surface area contributed by atoms with Crippen molar-refractivity contribution < 1.29 is 27.5 Å². The first-order valence-electron chi connectivity index (χ1n) is 9.94. The first kappa shape index (κ1) is 23.7. The number of ether oxygens (including phenoxy) is 2. The third-order valence-electron chi connectivity index (χ3n) is 4.56. The van der Waals surface area contributed by atoms with Crippen molar-refractivity contribution in [2.75, 3.05) is 18.1 Å². The summed E-state index contributed by atoms with van der Waals surface area (Å²) >= 11 is 0. The molecule has 3 aromatic carbocycles. The Labute approximate surface area is 192 Å². The Morgan fingerprint density at radius 3 is 2.06 bits per heavy atom. The number of ketones is 1. The molecule has 0 amide bonds. The van der Waals surface area contributed by atoms with Crippen molar-refractivity contribution in [1.82, 2.24) is 0 Å². The van der Waals surface area contributed by atoms with E-state index in [1.54, 1.807) is 54.6 Å². The van der Waals surface area contributed by atoms with Crippen LogP contribution in [0.3, 0.4) is 0 Å². The van der Waals surface area contributed by atoms with E-state index in [-0.39, 0.29) is 11.8 Å². The molecule has 0 unspecified atom stereocenters. The zero-order valence-corrected chi connectivity index (χ0v) is 19.0. The van der Waals surface area contributed by atoms with Gasteiger partial charge in [0.05, 0.1) is 18.9 Å². The van der Waals surface area contributed by atoms with E-state index < -0.39 is 10.0 Å². The van der Waals surface area contributed by atoms with Gasteiger partial charge in [0.2, 0.25) is 10.0 Å². The lowest BCUT2D eigenvalue weighted by Gasteiger charge is -2.07. The molecular weight excluding hydrogens is 442 g/mol. The number of methoxy groups -OCH3 is 1. The molecule has 0 radical (unpaired) electrons. The minimum absolute atomic E-state index is 0.198. The molecule has 0 aliphatic rings. The van der Waals surface area contributed by atoms with E-state index in [0.29, 0.717) is 29.2 Å². The van der Waals surface area contributed by atoms with Crippen LogP contribution in [-0.2, 0) is 21.4 Å². The van der Waals surface area contributed by atoms with Gasteiger partial charge in [-0.1, -0.05) is 30.3 Å². The highest BCUT2D eigenvalue weighted by Gasteiger charge is 2.06. The van der Waals surface area contributed by atoms with E-state index in [4.69, 9.17) is 4.74 Å². The fourth-order valence-corrected chi connectivity index (χ4v) is 3.45. The highest BCUT2D eigenvalue weighted by molar-refractivity contribution is 7.92. The number of carbonyl (C=O) groups is 2. The monoisotopic (exact) mass is 465 g/mol. The van der Waals surface area contributed by atoms with Crippen molar-refractivity contribution in [3.05, 3.63) is 101 Å². The van der Waals surface area contributed by atoms with Crippen LogP contribution in [0.25, 0.3) is 6.08 Å². The third kappa shape index (κ3) is 7.33. The average Bonchev–Trinajstić information content (AvgIpc) is 2.81. The predicted molar refractivity (Wildman–Crippen MR) is 127 cm³/mol. The summed E-state index contributed by atoms with van der Waals surface area (Å²) in [5, 5.41) is 0. The van der Waals surface area contributed by atoms with Crippen LogP contribution in [0.2, 0.25) is 0 Å². The second-order valence-electron chi connectivity index (χ2n) is 7.20. The van der Waals surface area contributed by atoms with E-state index in [0.717, 1.165) is 17.4 Å². The number of hydrogen-bond acceptors (Lipinski definition) is 6. The largest absolute Gasteiger partial charge is 0.489 e. The molecule has 1 N–H and O–H groups in total. The smallest absolute Gasteiger partial charge is 0.337 e. The number of rotatable bonds is 9. The van der Waals surface area contributed by atoms with Gasteiger partial charge in [-0.2, -0.15) is 0 Å². The van der Waals surface area contributed by atoms with Gasteiger partial charge in [-0.15, -0.1) is 0 Å². The van der Waals surface area contributed by atoms with Crippen molar-refractivity contribution in [2.45, 2.75) is 6.61 Å². The molecule has 0 atom stereocenters. The molecule has 0 heterocycles. The quantitative estimate of drug-likeness (QED) is 0.287. The molecule has 0 bridgehead atoms. The van der Waals surface area contributed by atoms with Crippen LogP contribution in [0.5, 0.6) is 5.75 Å². The molecule has 170 valence electrons. The maximum absolute atomic E-state index is 12.3. The molecule has 0 fully saturated rings. The summed E-state index contributed by atoms with van der Waals surface area (Å²) in [6.07, 6.45) is 4.22. The molecule has 8 heteroatoms. The molecule has 0 saturated heterocycles. The number of allylic oxidation sites excluding steroid dienone is 1. The Bertz CT molecular complexity index is 1250. The van der Waals surface area contributed by atoms with E-state index in [9.17, 15) is 18.0 Å². The maximum Gasteiger partial charge on any atom is 0.337 e. The number of hydrogen-bond donors (Lipinski definition) is 1. The SMILES string of the molecule is COC(=O)c1ccc(COc2ccc(/C=C/C(=O)c3ccc(NS(C)(=O)=O)cc3)cc2)cc1. The molecule has 0 aliphatic heterocycles. The molecular formula is C25H23NO6S. The Balaban J connectivity index is 1.54. The number of nitrogens with one attached hydrogen (secondary N) is 1. The Morgan fingerprint density at radius 1 is 0.879 bits per heavy atom. The van der Waals surface area contributed by atoms with Crippen LogP contribution in [-0.4, -0.2) is 33.5 Å². The van der Waals surface area contributed by atoms with Gasteiger partial charge in [-0.25, -0.2) is 13.2 Å². The van der Waals surface area contributed by atoms with Crippen molar-refractivity contribution in [3.63, 3.8) is 0 Å². The zero-order valence-electron chi connectivity index (χ0n) is 18.1. The van der Waals surface area contributed by atoms with E-state index in [1.807, 2.05) is 12.1 Å². The summed E-state index contributed by atoms with van der Waals surface area (Å²) in [4.78, 5) is 23.8. The minimum atomic E-state index is -3.36. The summed E-state index contributed by atoms with van der Waals surface area (Å²) in [5.41, 5.74) is 3.06. The number of carbonyl (C=O) groups excluding carboxylic acids is 2. The standard InChI is InChI=1S/C25H23NO6S/c1-31-25(28)21-8-3-19(4-9-21)17-32-23-14-5-18(6-15-23)7-16-24(27)20-10-12-22(13-11-20)26-33(2,29)30/h3-16,26H,17H2,1-2H3/b16-7+. The first-order chi connectivity index (χ1) is 15.7. The van der Waals surface area contributed by atoms with Gasteiger partial charge in [-0.05, 0) is 65.7 Å². The molecule has 3 rings (SSSR count). The Kier molecular flexibility index (Phi) is 7.63. The molecule has 3 aromatic rings. The topological polar surface area (TPSA) is 98.8 Å². The van der Waals surface area contributed by atoms with Crippen molar-refractivity contribution in [2.24, 2.45) is 0 Å². The van der Waals surface area contributed by atoms with Crippen molar-refractivity contribution in [3.8, 4) is 5.75 Å². The van der Waals surface area contributed by atoms with Crippen LogP contribution in [0, 0.1) is 0 Å².